The molecule has 13 heavy (non-hydrogen) atoms. The molecule has 1 aliphatic rings. The molecule has 2 heteroatoms. The van der Waals surface area contributed by atoms with Crippen molar-refractivity contribution in [3.05, 3.63) is 0 Å². The first-order valence-electron chi connectivity index (χ1n) is 5.42. The Morgan fingerprint density at radius 3 is 2.77 bits per heavy atom. The van der Waals surface area contributed by atoms with Crippen molar-refractivity contribution in [3.63, 3.8) is 0 Å². The summed E-state index contributed by atoms with van der Waals surface area (Å²) in [5.41, 5.74) is -0.430. The highest BCUT2D eigenvalue weighted by atomic mass is 16.5. The molecule has 1 saturated heterocycles. The zero-order valence-corrected chi connectivity index (χ0v) is 8.88. The summed E-state index contributed by atoms with van der Waals surface area (Å²) in [6, 6.07) is 0. The van der Waals surface area contributed by atoms with Crippen LogP contribution in [0, 0.1) is 5.92 Å². The van der Waals surface area contributed by atoms with E-state index in [-0.39, 0.29) is 0 Å². The molecule has 1 N–H and O–H groups in total. The van der Waals surface area contributed by atoms with Gasteiger partial charge in [0.15, 0.2) is 0 Å². The minimum Gasteiger partial charge on any atom is -0.390 e. The van der Waals surface area contributed by atoms with Gasteiger partial charge in [0.05, 0.1) is 5.60 Å². The topological polar surface area (TPSA) is 29.5 Å². The van der Waals surface area contributed by atoms with E-state index in [1.165, 1.54) is 0 Å². The van der Waals surface area contributed by atoms with Crippen LogP contribution in [0.5, 0.6) is 0 Å². The number of aliphatic hydroxyl groups is 1. The van der Waals surface area contributed by atoms with Crippen LogP contribution in [0.3, 0.4) is 0 Å². The molecule has 0 aliphatic carbocycles. The monoisotopic (exact) mass is 186 g/mol. The lowest BCUT2D eigenvalue weighted by atomic mass is 9.87. The standard InChI is InChI=1S/C11H22O2/c1-10(2)4-6-11(12)5-3-8-13-9-7-11/h10,12H,3-9H2,1-2H3. The van der Waals surface area contributed by atoms with Crippen molar-refractivity contribution in [2.24, 2.45) is 5.92 Å². The summed E-state index contributed by atoms with van der Waals surface area (Å²) in [4.78, 5) is 0. The molecule has 0 spiro atoms. The highest BCUT2D eigenvalue weighted by Gasteiger charge is 2.27. The van der Waals surface area contributed by atoms with E-state index >= 15 is 0 Å². The van der Waals surface area contributed by atoms with E-state index in [0.29, 0.717) is 5.92 Å². The number of hydrogen-bond acceptors (Lipinski definition) is 2. The molecule has 0 aromatic heterocycles. The van der Waals surface area contributed by atoms with Gasteiger partial charge < -0.3 is 9.84 Å². The lowest BCUT2D eigenvalue weighted by Gasteiger charge is -2.26. The Balaban J connectivity index is 2.33. The molecule has 1 atom stereocenters. The van der Waals surface area contributed by atoms with Gasteiger partial charge in [-0.25, -0.2) is 0 Å². The van der Waals surface area contributed by atoms with E-state index in [9.17, 15) is 5.11 Å². The van der Waals surface area contributed by atoms with Gasteiger partial charge in [0.2, 0.25) is 0 Å². The molecule has 1 rings (SSSR count). The van der Waals surface area contributed by atoms with Gasteiger partial charge in [-0.15, -0.1) is 0 Å². The fraction of sp³-hybridized carbons (Fsp3) is 1.00. The zero-order chi connectivity index (χ0) is 9.73. The minimum absolute atomic E-state index is 0.430. The van der Waals surface area contributed by atoms with Crippen molar-refractivity contribution in [2.75, 3.05) is 13.2 Å². The predicted octanol–water partition coefficient (Wildman–Crippen LogP) is 2.35. The van der Waals surface area contributed by atoms with E-state index in [1.807, 2.05) is 0 Å². The molecule has 1 fully saturated rings. The number of ether oxygens (including phenoxy) is 1. The third-order valence-electron chi connectivity index (χ3n) is 2.83. The fourth-order valence-electron chi connectivity index (χ4n) is 1.80. The van der Waals surface area contributed by atoms with Gasteiger partial charge in [-0.2, -0.15) is 0 Å². The second-order valence-electron chi connectivity index (χ2n) is 4.62. The van der Waals surface area contributed by atoms with Crippen LogP contribution in [0.15, 0.2) is 0 Å². The molecule has 78 valence electrons. The Morgan fingerprint density at radius 2 is 2.08 bits per heavy atom. The molecule has 0 amide bonds. The first-order valence-corrected chi connectivity index (χ1v) is 5.42. The summed E-state index contributed by atoms with van der Waals surface area (Å²) in [6.07, 6.45) is 4.80. The Kier molecular flexibility index (Phi) is 4.20. The first-order chi connectivity index (χ1) is 6.12. The molecule has 0 aromatic rings. The average molecular weight is 186 g/mol. The second-order valence-corrected chi connectivity index (χ2v) is 4.62. The normalized spacial score (nSPS) is 30.5. The number of rotatable bonds is 3. The molecule has 0 saturated carbocycles. The predicted molar refractivity (Wildman–Crippen MR) is 53.7 cm³/mol. The maximum Gasteiger partial charge on any atom is 0.0670 e. The molecule has 0 aromatic carbocycles. The molecule has 0 radical (unpaired) electrons. The van der Waals surface area contributed by atoms with Gasteiger partial charge in [-0.1, -0.05) is 13.8 Å². The smallest absolute Gasteiger partial charge is 0.0670 e. The minimum atomic E-state index is -0.430. The Labute approximate surface area is 81.3 Å². The van der Waals surface area contributed by atoms with Crippen molar-refractivity contribution in [3.8, 4) is 0 Å². The lowest BCUT2D eigenvalue weighted by molar-refractivity contribution is 0.00629. The van der Waals surface area contributed by atoms with Crippen LogP contribution >= 0.6 is 0 Å². The molecule has 1 unspecified atom stereocenters. The van der Waals surface area contributed by atoms with Crippen LogP contribution in [0.4, 0.5) is 0 Å². The summed E-state index contributed by atoms with van der Waals surface area (Å²) >= 11 is 0. The van der Waals surface area contributed by atoms with E-state index in [4.69, 9.17) is 4.74 Å². The van der Waals surface area contributed by atoms with Crippen LogP contribution in [0.25, 0.3) is 0 Å². The van der Waals surface area contributed by atoms with Crippen molar-refractivity contribution < 1.29 is 9.84 Å². The molecule has 2 nitrogen and oxygen atoms in total. The molecule has 1 heterocycles. The van der Waals surface area contributed by atoms with E-state index in [1.54, 1.807) is 0 Å². The van der Waals surface area contributed by atoms with Crippen LogP contribution in [0.1, 0.15) is 46.0 Å². The van der Waals surface area contributed by atoms with Gasteiger partial charge in [-0.05, 0) is 38.0 Å². The van der Waals surface area contributed by atoms with Gasteiger partial charge in [0.1, 0.15) is 0 Å². The SMILES string of the molecule is CC(C)CCC1(O)CCCOCC1. The van der Waals surface area contributed by atoms with Crippen molar-refractivity contribution in [1.29, 1.82) is 0 Å². The quantitative estimate of drug-likeness (QED) is 0.733. The van der Waals surface area contributed by atoms with E-state index in [0.717, 1.165) is 45.3 Å². The van der Waals surface area contributed by atoms with E-state index in [2.05, 4.69) is 13.8 Å². The van der Waals surface area contributed by atoms with Crippen LogP contribution in [0.2, 0.25) is 0 Å². The van der Waals surface area contributed by atoms with Gasteiger partial charge in [0.25, 0.3) is 0 Å². The van der Waals surface area contributed by atoms with Gasteiger partial charge >= 0.3 is 0 Å². The summed E-state index contributed by atoms with van der Waals surface area (Å²) in [7, 11) is 0. The Hall–Kier alpha value is -0.0800. The molecular formula is C11H22O2. The zero-order valence-electron chi connectivity index (χ0n) is 8.88. The summed E-state index contributed by atoms with van der Waals surface area (Å²) in [5, 5.41) is 10.2. The third kappa shape index (κ3) is 4.10. The van der Waals surface area contributed by atoms with Crippen LogP contribution in [-0.4, -0.2) is 23.9 Å². The largest absolute Gasteiger partial charge is 0.390 e. The van der Waals surface area contributed by atoms with Crippen LogP contribution < -0.4 is 0 Å². The van der Waals surface area contributed by atoms with Crippen molar-refractivity contribution in [2.45, 2.75) is 51.6 Å². The average Bonchev–Trinajstić information content (AvgIpc) is 2.28. The Bertz CT molecular complexity index is 135. The van der Waals surface area contributed by atoms with Crippen LogP contribution in [-0.2, 0) is 4.74 Å². The lowest BCUT2D eigenvalue weighted by Crippen LogP contribution is -2.29. The number of hydrogen-bond donors (Lipinski definition) is 1. The van der Waals surface area contributed by atoms with Gasteiger partial charge in [0, 0.05) is 13.2 Å². The first kappa shape index (κ1) is 11.0. The Morgan fingerprint density at radius 1 is 1.31 bits per heavy atom. The molecule has 1 aliphatic heterocycles. The van der Waals surface area contributed by atoms with Gasteiger partial charge in [-0.3, -0.25) is 0 Å². The van der Waals surface area contributed by atoms with E-state index < -0.39 is 5.60 Å². The fourth-order valence-corrected chi connectivity index (χ4v) is 1.80. The second kappa shape index (κ2) is 4.97. The highest BCUT2D eigenvalue weighted by Crippen LogP contribution is 2.27. The summed E-state index contributed by atoms with van der Waals surface area (Å²) in [5.74, 6) is 0.688. The molecule has 0 bridgehead atoms. The third-order valence-corrected chi connectivity index (χ3v) is 2.83. The maximum absolute atomic E-state index is 10.2. The highest BCUT2D eigenvalue weighted by molar-refractivity contribution is 4.80. The van der Waals surface area contributed by atoms with Crippen molar-refractivity contribution >= 4 is 0 Å². The van der Waals surface area contributed by atoms with Crippen molar-refractivity contribution in [1.82, 2.24) is 0 Å². The summed E-state index contributed by atoms with van der Waals surface area (Å²) in [6.45, 7) is 5.96. The molecular weight excluding hydrogens is 164 g/mol. The maximum atomic E-state index is 10.2. The summed E-state index contributed by atoms with van der Waals surface area (Å²) < 4.78 is 5.34.